The van der Waals surface area contributed by atoms with Crippen LogP contribution in [0.4, 0.5) is 0 Å². The van der Waals surface area contributed by atoms with Gasteiger partial charge in [-0.1, -0.05) is 29.8 Å². The van der Waals surface area contributed by atoms with Gasteiger partial charge in [0.1, 0.15) is 6.54 Å². The van der Waals surface area contributed by atoms with E-state index in [9.17, 15) is 4.79 Å². The highest BCUT2D eigenvalue weighted by Crippen LogP contribution is 2.30. The molecule has 1 amide bonds. The topological polar surface area (TPSA) is 72.1 Å². The molecule has 170 valence electrons. The zero-order valence-corrected chi connectivity index (χ0v) is 19.4. The third kappa shape index (κ3) is 4.39. The number of aromatic nitrogens is 5. The monoisotopic (exact) mass is 443 g/mol. The van der Waals surface area contributed by atoms with Gasteiger partial charge < -0.3 is 4.90 Å². The highest BCUT2D eigenvalue weighted by Gasteiger charge is 2.23. The molecule has 4 aromatic rings. The summed E-state index contributed by atoms with van der Waals surface area (Å²) in [5.74, 6) is 0.0861. The molecule has 1 fully saturated rings. The van der Waals surface area contributed by atoms with E-state index in [1.54, 1.807) is 10.9 Å². The number of benzene rings is 1. The number of nitrogens with zero attached hydrogens (tertiary/aromatic N) is 7. The van der Waals surface area contributed by atoms with E-state index in [0.717, 1.165) is 60.6 Å². The molecule has 0 bridgehead atoms. The molecule has 0 spiro atoms. The van der Waals surface area contributed by atoms with Crippen LogP contribution < -0.4 is 0 Å². The van der Waals surface area contributed by atoms with Crippen molar-refractivity contribution in [3.05, 3.63) is 65.7 Å². The Balaban J connectivity index is 1.29. The molecule has 8 heteroatoms. The van der Waals surface area contributed by atoms with E-state index in [0.29, 0.717) is 0 Å². The number of fused-ring (bicyclic) bond motifs is 1. The number of piperazine rings is 1. The fourth-order valence-electron chi connectivity index (χ4n) is 4.56. The Kier molecular flexibility index (Phi) is 5.68. The first kappa shape index (κ1) is 21.3. The summed E-state index contributed by atoms with van der Waals surface area (Å²) in [7, 11) is 1.93. The zero-order chi connectivity index (χ0) is 22.9. The molecule has 33 heavy (non-hydrogen) atoms. The number of pyridine rings is 1. The van der Waals surface area contributed by atoms with Gasteiger partial charge in [0, 0.05) is 63.1 Å². The normalized spacial score (nSPS) is 14.8. The van der Waals surface area contributed by atoms with Crippen LogP contribution >= 0.6 is 0 Å². The van der Waals surface area contributed by atoms with Gasteiger partial charge in [0.05, 0.1) is 11.9 Å². The largest absolute Gasteiger partial charge is 0.339 e. The summed E-state index contributed by atoms with van der Waals surface area (Å²) >= 11 is 0. The van der Waals surface area contributed by atoms with E-state index in [4.69, 9.17) is 0 Å². The molecule has 0 aliphatic carbocycles. The summed E-state index contributed by atoms with van der Waals surface area (Å²) in [6.07, 6.45) is 5.75. The summed E-state index contributed by atoms with van der Waals surface area (Å²) < 4.78 is 3.58. The lowest BCUT2D eigenvalue weighted by molar-refractivity contribution is -0.133. The zero-order valence-electron chi connectivity index (χ0n) is 19.4. The molecule has 1 aliphatic rings. The first-order chi connectivity index (χ1) is 16.0. The lowest BCUT2D eigenvalue weighted by Crippen LogP contribution is -2.49. The summed E-state index contributed by atoms with van der Waals surface area (Å²) in [5, 5.41) is 9.94. The molecule has 1 aromatic carbocycles. The molecule has 0 N–H and O–H groups in total. The summed E-state index contributed by atoms with van der Waals surface area (Å²) in [5.41, 5.74) is 6.30. The lowest BCUT2D eigenvalue weighted by atomic mass is 10.0. The first-order valence-electron chi connectivity index (χ1n) is 11.3. The summed E-state index contributed by atoms with van der Waals surface area (Å²) in [6, 6.07) is 10.5. The Morgan fingerprint density at radius 2 is 1.79 bits per heavy atom. The number of aryl methyl sites for hydroxylation is 3. The van der Waals surface area contributed by atoms with Crippen molar-refractivity contribution in [3.8, 4) is 11.1 Å². The Hall–Kier alpha value is -3.52. The van der Waals surface area contributed by atoms with Crippen LogP contribution in [0.25, 0.3) is 22.2 Å². The molecular weight excluding hydrogens is 414 g/mol. The Labute approximate surface area is 193 Å². The lowest BCUT2D eigenvalue weighted by Gasteiger charge is -2.34. The van der Waals surface area contributed by atoms with E-state index in [2.05, 4.69) is 51.3 Å². The molecule has 3 aromatic heterocycles. The number of hydrogen-bond acceptors (Lipinski definition) is 5. The fraction of sp³-hybridized carbons (Fsp3) is 0.360. The van der Waals surface area contributed by atoms with Crippen LogP contribution in [0.1, 0.15) is 16.8 Å². The van der Waals surface area contributed by atoms with Crippen molar-refractivity contribution >= 4 is 16.9 Å². The Morgan fingerprint density at radius 1 is 1.03 bits per heavy atom. The minimum absolute atomic E-state index is 0.0861. The second-order valence-corrected chi connectivity index (χ2v) is 8.85. The van der Waals surface area contributed by atoms with Gasteiger partial charge in [-0.25, -0.2) is 9.67 Å². The van der Waals surface area contributed by atoms with Crippen molar-refractivity contribution in [3.63, 3.8) is 0 Å². The standard InChI is InChI=1S/C25H29N7O/c1-18-4-6-21(7-5-18)22-8-9-26-25-24(22)19(2)28-32(25)17-23(33)31-12-10-30(11-13-31)16-20-14-27-29(3)15-20/h4-9,14-15H,10-13,16-17H2,1-3H3. The molecular formula is C25H29N7O. The molecule has 5 rings (SSSR count). The molecule has 8 nitrogen and oxygen atoms in total. The van der Waals surface area contributed by atoms with E-state index in [1.807, 2.05) is 42.0 Å². The second kappa shape index (κ2) is 8.78. The van der Waals surface area contributed by atoms with Crippen molar-refractivity contribution in [1.82, 2.24) is 34.3 Å². The predicted octanol–water partition coefficient (Wildman–Crippen LogP) is 2.79. The average Bonchev–Trinajstić information content (AvgIpc) is 3.37. The van der Waals surface area contributed by atoms with Gasteiger partial charge in [-0.3, -0.25) is 14.4 Å². The van der Waals surface area contributed by atoms with Gasteiger partial charge >= 0.3 is 0 Å². The summed E-state index contributed by atoms with van der Waals surface area (Å²) in [4.78, 5) is 22.0. The number of hydrogen-bond donors (Lipinski definition) is 0. The maximum Gasteiger partial charge on any atom is 0.244 e. The van der Waals surface area contributed by atoms with Gasteiger partial charge in [0.15, 0.2) is 5.65 Å². The molecule has 1 aliphatic heterocycles. The molecule has 0 atom stereocenters. The third-order valence-corrected chi connectivity index (χ3v) is 6.35. The van der Waals surface area contributed by atoms with Gasteiger partial charge in [-0.15, -0.1) is 0 Å². The van der Waals surface area contributed by atoms with Gasteiger partial charge in [-0.2, -0.15) is 10.2 Å². The first-order valence-corrected chi connectivity index (χ1v) is 11.3. The molecule has 0 saturated carbocycles. The van der Waals surface area contributed by atoms with Crippen molar-refractivity contribution < 1.29 is 4.79 Å². The maximum atomic E-state index is 13.1. The van der Waals surface area contributed by atoms with Crippen LogP contribution in [0.15, 0.2) is 48.9 Å². The van der Waals surface area contributed by atoms with E-state index < -0.39 is 0 Å². The minimum Gasteiger partial charge on any atom is -0.339 e. The van der Waals surface area contributed by atoms with Gasteiger partial charge in [-0.05, 0) is 31.0 Å². The smallest absolute Gasteiger partial charge is 0.244 e. The quantitative estimate of drug-likeness (QED) is 0.474. The molecule has 1 saturated heterocycles. The van der Waals surface area contributed by atoms with Crippen molar-refractivity contribution in [2.45, 2.75) is 26.9 Å². The van der Waals surface area contributed by atoms with E-state index in [1.165, 1.54) is 11.1 Å². The van der Waals surface area contributed by atoms with Crippen molar-refractivity contribution in [1.29, 1.82) is 0 Å². The van der Waals surface area contributed by atoms with Crippen LogP contribution in [0, 0.1) is 13.8 Å². The molecule has 0 radical (unpaired) electrons. The van der Waals surface area contributed by atoms with E-state index >= 15 is 0 Å². The predicted molar refractivity (Wildman–Crippen MR) is 128 cm³/mol. The minimum atomic E-state index is 0.0861. The number of carbonyl (C=O) groups excluding carboxylic acids is 1. The Bertz CT molecular complexity index is 1280. The van der Waals surface area contributed by atoms with Gasteiger partial charge in [0.25, 0.3) is 0 Å². The van der Waals surface area contributed by atoms with Crippen LogP contribution in [0.2, 0.25) is 0 Å². The van der Waals surface area contributed by atoms with Crippen LogP contribution in [0.5, 0.6) is 0 Å². The maximum absolute atomic E-state index is 13.1. The average molecular weight is 444 g/mol. The van der Waals surface area contributed by atoms with Crippen LogP contribution in [-0.4, -0.2) is 66.4 Å². The highest BCUT2D eigenvalue weighted by atomic mass is 16.2. The highest BCUT2D eigenvalue weighted by molar-refractivity contribution is 5.95. The van der Waals surface area contributed by atoms with E-state index in [-0.39, 0.29) is 12.5 Å². The molecule has 0 unspecified atom stereocenters. The van der Waals surface area contributed by atoms with Crippen molar-refractivity contribution in [2.75, 3.05) is 26.2 Å². The fourth-order valence-corrected chi connectivity index (χ4v) is 4.56. The SMILES string of the molecule is Cc1ccc(-c2ccnc3c2c(C)nn3CC(=O)N2CCN(Cc3cnn(C)c3)CC2)cc1. The number of rotatable bonds is 5. The number of carbonyl (C=O) groups is 1. The second-order valence-electron chi connectivity index (χ2n) is 8.85. The summed E-state index contributed by atoms with van der Waals surface area (Å²) in [6.45, 7) is 8.30. The number of amides is 1. The van der Waals surface area contributed by atoms with Crippen LogP contribution in [0.3, 0.4) is 0 Å². The van der Waals surface area contributed by atoms with Gasteiger partial charge in [0.2, 0.25) is 5.91 Å². The Morgan fingerprint density at radius 3 is 2.48 bits per heavy atom. The van der Waals surface area contributed by atoms with Crippen LogP contribution in [-0.2, 0) is 24.9 Å². The molecule has 4 heterocycles. The van der Waals surface area contributed by atoms with Crippen molar-refractivity contribution in [2.24, 2.45) is 7.05 Å². The third-order valence-electron chi connectivity index (χ3n) is 6.35.